The van der Waals surface area contributed by atoms with E-state index in [9.17, 15) is 18.3 Å². The van der Waals surface area contributed by atoms with Crippen LogP contribution in [-0.2, 0) is 13.0 Å². The molecule has 1 unspecified atom stereocenters. The molecule has 0 aliphatic carbocycles. The molecule has 0 fully saturated rings. The highest BCUT2D eigenvalue weighted by Gasteiger charge is 2.16. The first-order chi connectivity index (χ1) is 9.52. The number of aliphatic hydroxyl groups excluding tert-OH is 2. The Labute approximate surface area is 113 Å². The Balaban J connectivity index is 2.23. The molecule has 0 aliphatic heterocycles. The van der Waals surface area contributed by atoms with Crippen molar-refractivity contribution in [2.45, 2.75) is 19.1 Å². The summed E-state index contributed by atoms with van der Waals surface area (Å²) in [6.07, 6.45) is 1.97. The van der Waals surface area contributed by atoms with Gasteiger partial charge in [-0.05, 0) is 11.6 Å². The molecule has 2 rings (SSSR count). The van der Waals surface area contributed by atoms with Crippen molar-refractivity contribution in [3.8, 4) is 0 Å². The lowest BCUT2D eigenvalue weighted by Gasteiger charge is -2.12. The average Bonchev–Trinajstić information content (AvgIpc) is 2.86. The first kappa shape index (κ1) is 14.5. The third-order valence-corrected chi connectivity index (χ3v) is 2.88. The van der Waals surface area contributed by atoms with E-state index in [4.69, 9.17) is 5.11 Å². The van der Waals surface area contributed by atoms with Crippen molar-refractivity contribution >= 4 is 0 Å². The van der Waals surface area contributed by atoms with Crippen LogP contribution in [0.1, 0.15) is 11.4 Å². The number of aliphatic hydroxyl groups is 2. The van der Waals surface area contributed by atoms with Crippen molar-refractivity contribution in [1.29, 1.82) is 0 Å². The molecule has 0 aliphatic rings. The normalized spacial score (nSPS) is 12.7. The standard InChI is InChI=1S/C13H13F3N2O2/c14-10-2-1-8(12(15)13(10)16)5-11-17-3-4-18(11)6-9(20)7-19/h1-4,9,19-20H,5-7H2. The number of hydrogen-bond acceptors (Lipinski definition) is 3. The van der Waals surface area contributed by atoms with Crippen molar-refractivity contribution in [2.24, 2.45) is 0 Å². The number of benzene rings is 1. The molecule has 0 saturated heterocycles. The third-order valence-electron chi connectivity index (χ3n) is 2.88. The molecule has 0 saturated carbocycles. The van der Waals surface area contributed by atoms with E-state index in [1.807, 2.05) is 0 Å². The Morgan fingerprint density at radius 2 is 1.95 bits per heavy atom. The highest BCUT2D eigenvalue weighted by molar-refractivity contribution is 5.23. The van der Waals surface area contributed by atoms with Gasteiger partial charge in [-0.25, -0.2) is 18.2 Å². The molecule has 1 aromatic carbocycles. The Morgan fingerprint density at radius 3 is 2.65 bits per heavy atom. The maximum Gasteiger partial charge on any atom is 0.194 e. The minimum Gasteiger partial charge on any atom is -0.394 e. The fourth-order valence-corrected chi connectivity index (χ4v) is 1.83. The van der Waals surface area contributed by atoms with Crippen molar-refractivity contribution in [1.82, 2.24) is 9.55 Å². The molecule has 1 atom stereocenters. The van der Waals surface area contributed by atoms with E-state index in [0.29, 0.717) is 5.82 Å². The molecule has 0 amide bonds. The number of aromatic nitrogens is 2. The van der Waals surface area contributed by atoms with Crippen LogP contribution in [0.15, 0.2) is 24.5 Å². The number of hydrogen-bond donors (Lipinski definition) is 2. The Morgan fingerprint density at radius 1 is 1.20 bits per heavy atom. The van der Waals surface area contributed by atoms with Gasteiger partial charge in [-0.2, -0.15) is 0 Å². The van der Waals surface area contributed by atoms with Gasteiger partial charge in [0.05, 0.1) is 19.3 Å². The van der Waals surface area contributed by atoms with E-state index < -0.39 is 30.2 Å². The smallest absolute Gasteiger partial charge is 0.194 e. The van der Waals surface area contributed by atoms with Crippen LogP contribution in [0.5, 0.6) is 0 Å². The zero-order valence-corrected chi connectivity index (χ0v) is 10.4. The van der Waals surface area contributed by atoms with E-state index in [-0.39, 0.29) is 18.5 Å². The molecular weight excluding hydrogens is 273 g/mol. The van der Waals surface area contributed by atoms with E-state index in [1.165, 1.54) is 10.8 Å². The summed E-state index contributed by atoms with van der Waals surface area (Å²) in [6, 6.07) is 2.00. The molecule has 20 heavy (non-hydrogen) atoms. The topological polar surface area (TPSA) is 58.3 Å². The molecule has 108 valence electrons. The van der Waals surface area contributed by atoms with Gasteiger partial charge in [0.25, 0.3) is 0 Å². The summed E-state index contributed by atoms with van der Waals surface area (Å²) in [6.45, 7) is -0.339. The molecule has 1 aromatic heterocycles. The fraction of sp³-hybridized carbons (Fsp3) is 0.308. The number of rotatable bonds is 5. The summed E-state index contributed by atoms with van der Waals surface area (Å²) < 4.78 is 41.1. The van der Waals surface area contributed by atoms with Crippen molar-refractivity contribution < 1.29 is 23.4 Å². The number of halogens is 3. The minimum absolute atomic E-state index is 0.0326. The lowest BCUT2D eigenvalue weighted by atomic mass is 10.1. The average molecular weight is 286 g/mol. The van der Waals surface area contributed by atoms with E-state index in [0.717, 1.165) is 12.1 Å². The quantitative estimate of drug-likeness (QED) is 0.813. The Bertz CT molecular complexity index is 601. The summed E-state index contributed by atoms with van der Waals surface area (Å²) in [5.41, 5.74) is -0.0326. The summed E-state index contributed by atoms with van der Waals surface area (Å²) in [5, 5.41) is 18.2. The van der Waals surface area contributed by atoms with Crippen LogP contribution < -0.4 is 0 Å². The number of nitrogens with zero attached hydrogens (tertiary/aromatic N) is 2. The molecule has 0 radical (unpaired) electrons. The fourth-order valence-electron chi connectivity index (χ4n) is 1.83. The first-order valence-corrected chi connectivity index (χ1v) is 5.94. The second-order valence-electron chi connectivity index (χ2n) is 4.34. The molecule has 4 nitrogen and oxygen atoms in total. The molecule has 0 spiro atoms. The van der Waals surface area contributed by atoms with Gasteiger partial charge in [0.15, 0.2) is 17.5 Å². The van der Waals surface area contributed by atoms with Crippen molar-refractivity contribution in [2.75, 3.05) is 6.61 Å². The maximum absolute atomic E-state index is 13.6. The lowest BCUT2D eigenvalue weighted by Crippen LogP contribution is -2.21. The van der Waals surface area contributed by atoms with Gasteiger partial charge >= 0.3 is 0 Å². The van der Waals surface area contributed by atoms with Gasteiger partial charge in [-0.1, -0.05) is 6.07 Å². The zero-order valence-electron chi connectivity index (χ0n) is 10.4. The monoisotopic (exact) mass is 286 g/mol. The van der Waals surface area contributed by atoms with Gasteiger partial charge in [0.1, 0.15) is 5.82 Å². The highest BCUT2D eigenvalue weighted by Crippen LogP contribution is 2.18. The summed E-state index contributed by atoms with van der Waals surface area (Å²) in [7, 11) is 0. The number of imidazole rings is 1. The predicted molar refractivity (Wildman–Crippen MR) is 64.4 cm³/mol. The van der Waals surface area contributed by atoms with Crippen LogP contribution in [0, 0.1) is 17.5 Å². The summed E-state index contributed by atoms with van der Waals surface area (Å²) >= 11 is 0. The van der Waals surface area contributed by atoms with Gasteiger partial charge in [-0.3, -0.25) is 0 Å². The van der Waals surface area contributed by atoms with Crippen LogP contribution in [-0.4, -0.2) is 32.5 Å². The summed E-state index contributed by atoms with van der Waals surface area (Å²) in [4.78, 5) is 3.98. The zero-order chi connectivity index (χ0) is 14.7. The predicted octanol–water partition coefficient (Wildman–Crippen LogP) is 1.24. The van der Waals surface area contributed by atoms with Crippen molar-refractivity contribution in [3.05, 3.63) is 53.4 Å². The second-order valence-corrected chi connectivity index (χ2v) is 4.34. The molecule has 1 heterocycles. The van der Waals surface area contributed by atoms with Crippen LogP contribution in [0.3, 0.4) is 0 Å². The van der Waals surface area contributed by atoms with Gasteiger partial charge in [0.2, 0.25) is 0 Å². The van der Waals surface area contributed by atoms with Crippen molar-refractivity contribution in [3.63, 3.8) is 0 Å². The first-order valence-electron chi connectivity index (χ1n) is 5.94. The maximum atomic E-state index is 13.6. The van der Waals surface area contributed by atoms with E-state index in [1.54, 1.807) is 6.20 Å². The SMILES string of the molecule is OCC(O)Cn1ccnc1Cc1ccc(F)c(F)c1F. The Hall–Kier alpha value is -1.86. The molecule has 2 N–H and O–H groups in total. The second kappa shape index (κ2) is 6.06. The van der Waals surface area contributed by atoms with E-state index in [2.05, 4.69) is 4.98 Å². The Kier molecular flexibility index (Phi) is 4.41. The largest absolute Gasteiger partial charge is 0.394 e. The van der Waals surface area contributed by atoms with Gasteiger partial charge in [0, 0.05) is 18.8 Å². The van der Waals surface area contributed by atoms with Gasteiger partial charge in [-0.15, -0.1) is 0 Å². The molecule has 7 heteroatoms. The lowest BCUT2D eigenvalue weighted by molar-refractivity contribution is 0.0806. The van der Waals surface area contributed by atoms with Crippen LogP contribution in [0.2, 0.25) is 0 Å². The van der Waals surface area contributed by atoms with Gasteiger partial charge < -0.3 is 14.8 Å². The third kappa shape index (κ3) is 3.00. The van der Waals surface area contributed by atoms with Crippen LogP contribution in [0.4, 0.5) is 13.2 Å². The summed E-state index contributed by atoms with van der Waals surface area (Å²) in [5.74, 6) is -3.63. The van der Waals surface area contributed by atoms with Crippen LogP contribution >= 0.6 is 0 Å². The van der Waals surface area contributed by atoms with E-state index >= 15 is 0 Å². The van der Waals surface area contributed by atoms with Crippen LogP contribution in [0.25, 0.3) is 0 Å². The molecule has 0 bridgehead atoms. The molecular formula is C13H13F3N2O2. The molecule has 2 aromatic rings. The minimum atomic E-state index is -1.52. The highest BCUT2D eigenvalue weighted by atomic mass is 19.2.